The minimum atomic E-state index is -0.158. The number of ether oxygens (including phenoxy) is 1. The molecular weight excluding hydrogens is 202 g/mol. The van der Waals surface area contributed by atoms with Crippen molar-refractivity contribution in [3.05, 3.63) is 12.5 Å². The van der Waals surface area contributed by atoms with Gasteiger partial charge in [-0.15, -0.1) is 0 Å². The average Bonchev–Trinajstić information content (AvgIpc) is 1.98. The van der Waals surface area contributed by atoms with Crippen molar-refractivity contribution in [3.63, 3.8) is 0 Å². The maximum absolute atomic E-state index is 11.4. The van der Waals surface area contributed by atoms with Crippen LogP contribution in [0, 0.1) is 11.3 Å². The van der Waals surface area contributed by atoms with E-state index in [9.17, 15) is 4.79 Å². The van der Waals surface area contributed by atoms with Crippen molar-refractivity contribution < 1.29 is 9.53 Å². The summed E-state index contributed by atoms with van der Waals surface area (Å²) in [5, 5.41) is 0. The van der Waals surface area contributed by atoms with Crippen LogP contribution in [0.5, 0.6) is 0 Å². The molecule has 0 N–H and O–H groups in total. The summed E-state index contributed by atoms with van der Waals surface area (Å²) in [4.78, 5) is 13.3. The topological polar surface area (TPSA) is 29.5 Å². The second-order valence-electron chi connectivity index (χ2n) is 5.81. The second-order valence-corrected chi connectivity index (χ2v) is 5.81. The Morgan fingerprint density at radius 2 is 1.94 bits per heavy atom. The highest BCUT2D eigenvalue weighted by Crippen LogP contribution is 2.26. The number of carbonyl (C=O) groups is 1. The van der Waals surface area contributed by atoms with E-state index >= 15 is 0 Å². The Kier molecular flexibility index (Phi) is 6.16. The van der Waals surface area contributed by atoms with Gasteiger partial charge in [0.15, 0.2) is 0 Å². The summed E-state index contributed by atoms with van der Waals surface area (Å²) in [6.07, 6.45) is 4.66. The zero-order valence-corrected chi connectivity index (χ0v) is 11.4. The predicted octanol–water partition coefficient (Wildman–Crippen LogP) is 3.02. The Morgan fingerprint density at radius 3 is 2.38 bits per heavy atom. The molecule has 0 saturated heterocycles. The number of hydrogen-bond donors (Lipinski definition) is 0. The van der Waals surface area contributed by atoms with E-state index in [0.717, 1.165) is 6.42 Å². The van der Waals surface area contributed by atoms with Crippen molar-refractivity contribution in [1.82, 2.24) is 4.90 Å². The molecule has 0 saturated carbocycles. The summed E-state index contributed by atoms with van der Waals surface area (Å²) < 4.78 is 4.98. The molecule has 94 valence electrons. The third-order valence-corrected chi connectivity index (χ3v) is 2.03. The maximum atomic E-state index is 11.4. The molecule has 16 heavy (non-hydrogen) atoms. The molecule has 0 aromatic carbocycles. The predicted molar refractivity (Wildman–Crippen MR) is 66.8 cm³/mol. The van der Waals surface area contributed by atoms with E-state index in [1.807, 2.05) is 19.0 Å². The fraction of sp³-hybridized carbons (Fsp3) is 0.769. The van der Waals surface area contributed by atoms with Crippen LogP contribution < -0.4 is 0 Å². The molecule has 0 aromatic heterocycles. The largest absolute Gasteiger partial charge is 0.433 e. The SMILES string of the molecule is CC(CC(=O)O/C=C/N(C)C)CC(C)(C)C. The molecular formula is C13H25NO2. The van der Waals surface area contributed by atoms with Crippen LogP contribution in [-0.2, 0) is 9.53 Å². The molecule has 1 atom stereocenters. The van der Waals surface area contributed by atoms with E-state index in [4.69, 9.17) is 4.74 Å². The minimum absolute atomic E-state index is 0.158. The van der Waals surface area contributed by atoms with Crippen LogP contribution in [0.2, 0.25) is 0 Å². The summed E-state index contributed by atoms with van der Waals surface area (Å²) in [6, 6.07) is 0. The summed E-state index contributed by atoms with van der Waals surface area (Å²) in [6.45, 7) is 8.63. The molecule has 0 rings (SSSR count). The van der Waals surface area contributed by atoms with Gasteiger partial charge in [-0.05, 0) is 17.8 Å². The molecule has 0 heterocycles. The standard InChI is InChI=1S/C13H25NO2/c1-11(10-13(2,3)4)9-12(15)16-8-7-14(5)6/h7-8,11H,9-10H2,1-6H3/b8-7+. The fourth-order valence-corrected chi connectivity index (χ4v) is 1.68. The molecule has 0 aliphatic rings. The van der Waals surface area contributed by atoms with Crippen LogP contribution in [0.4, 0.5) is 0 Å². The highest BCUT2D eigenvalue weighted by atomic mass is 16.5. The van der Waals surface area contributed by atoms with Gasteiger partial charge in [-0.3, -0.25) is 4.79 Å². The van der Waals surface area contributed by atoms with Gasteiger partial charge in [-0.25, -0.2) is 0 Å². The van der Waals surface area contributed by atoms with Gasteiger partial charge in [-0.1, -0.05) is 27.7 Å². The van der Waals surface area contributed by atoms with Crippen molar-refractivity contribution in [3.8, 4) is 0 Å². The quantitative estimate of drug-likeness (QED) is 0.534. The lowest BCUT2D eigenvalue weighted by Crippen LogP contribution is -2.15. The Morgan fingerprint density at radius 1 is 1.38 bits per heavy atom. The van der Waals surface area contributed by atoms with Crippen LogP contribution in [0.15, 0.2) is 12.5 Å². The summed E-state index contributed by atoms with van der Waals surface area (Å²) in [5.41, 5.74) is 0.263. The minimum Gasteiger partial charge on any atom is -0.433 e. The monoisotopic (exact) mass is 227 g/mol. The van der Waals surface area contributed by atoms with E-state index in [2.05, 4.69) is 27.7 Å². The lowest BCUT2D eigenvalue weighted by molar-refractivity contribution is -0.139. The highest BCUT2D eigenvalue weighted by molar-refractivity contribution is 5.70. The third kappa shape index (κ3) is 9.56. The van der Waals surface area contributed by atoms with Crippen LogP contribution in [0.25, 0.3) is 0 Å². The van der Waals surface area contributed by atoms with E-state index in [-0.39, 0.29) is 11.4 Å². The van der Waals surface area contributed by atoms with Crippen LogP contribution in [0.3, 0.4) is 0 Å². The number of nitrogens with zero attached hydrogens (tertiary/aromatic N) is 1. The smallest absolute Gasteiger partial charge is 0.310 e. The highest BCUT2D eigenvalue weighted by Gasteiger charge is 2.17. The van der Waals surface area contributed by atoms with Gasteiger partial charge in [0.1, 0.15) is 6.26 Å². The van der Waals surface area contributed by atoms with E-state index < -0.39 is 0 Å². The van der Waals surface area contributed by atoms with Crippen molar-refractivity contribution in [1.29, 1.82) is 0 Å². The molecule has 0 radical (unpaired) electrons. The molecule has 0 amide bonds. The first kappa shape index (κ1) is 15.0. The molecule has 1 unspecified atom stereocenters. The second kappa shape index (κ2) is 6.56. The molecule has 0 spiro atoms. The molecule has 0 aliphatic carbocycles. The summed E-state index contributed by atoms with van der Waals surface area (Å²) in [5.74, 6) is 0.204. The summed E-state index contributed by atoms with van der Waals surface area (Å²) >= 11 is 0. The normalized spacial score (nSPS) is 13.9. The molecule has 0 aliphatic heterocycles. The van der Waals surface area contributed by atoms with Gasteiger partial charge in [-0.2, -0.15) is 0 Å². The zero-order valence-electron chi connectivity index (χ0n) is 11.4. The summed E-state index contributed by atoms with van der Waals surface area (Å²) in [7, 11) is 3.76. The first-order valence-electron chi connectivity index (χ1n) is 5.73. The molecule has 0 aromatic rings. The third-order valence-electron chi connectivity index (χ3n) is 2.03. The van der Waals surface area contributed by atoms with Gasteiger partial charge in [0, 0.05) is 26.7 Å². The van der Waals surface area contributed by atoms with Gasteiger partial charge in [0.2, 0.25) is 0 Å². The Labute approximate surface area is 99.5 Å². The lowest BCUT2D eigenvalue weighted by Gasteiger charge is -2.22. The van der Waals surface area contributed by atoms with Crippen LogP contribution >= 0.6 is 0 Å². The van der Waals surface area contributed by atoms with E-state index in [0.29, 0.717) is 12.3 Å². The Bertz CT molecular complexity index is 239. The maximum Gasteiger partial charge on any atom is 0.310 e. The molecule has 0 fully saturated rings. The van der Waals surface area contributed by atoms with Crippen molar-refractivity contribution in [2.24, 2.45) is 11.3 Å². The lowest BCUT2D eigenvalue weighted by atomic mass is 9.84. The zero-order chi connectivity index (χ0) is 12.8. The molecule has 0 bridgehead atoms. The number of carbonyl (C=O) groups excluding carboxylic acids is 1. The Balaban J connectivity index is 3.88. The number of rotatable bonds is 5. The van der Waals surface area contributed by atoms with Crippen molar-refractivity contribution >= 4 is 5.97 Å². The average molecular weight is 227 g/mol. The fourth-order valence-electron chi connectivity index (χ4n) is 1.68. The van der Waals surface area contributed by atoms with Gasteiger partial charge >= 0.3 is 5.97 Å². The van der Waals surface area contributed by atoms with Crippen LogP contribution in [-0.4, -0.2) is 25.0 Å². The Hall–Kier alpha value is -0.990. The van der Waals surface area contributed by atoms with Gasteiger partial charge in [0.05, 0.1) is 0 Å². The van der Waals surface area contributed by atoms with Crippen molar-refractivity contribution in [2.45, 2.75) is 40.5 Å². The van der Waals surface area contributed by atoms with Gasteiger partial charge < -0.3 is 9.64 Å². The van der Waals surface area contributed by atoms with Crippen molar-refractivity contribution in [2.75, 3.05) is 14.1 Å². The molecule has 3 heteroatoms. The van der Waals surface area contributed by atoms with Gasteiger partial charge in [0.25, 0.3) is 0 Å². The van der Waals surface area contributed by atoms with E-state index in [1.165, 1.54) is 6.26 Å². The first-order chi connectivity index (χ1) is 7.20. The molecule has 3 nitrogen and oxygen atoms in total. The van der Waals surface area contributed by atoms with Crippen LogP contribution in [0.1, 0.15) is 40.5 Å². The van der Waals surface area contributed by atoms with E-state index in [1.54, 1.807) is 6.20 Å². The number of hydrogen-bond acceptors (Lipinski definition) is 3. The number of esters is 1. The first-order valence-corrected chi connectivity index (χ1v) is 5.73.